The van der Waals surface area contributed by atoms with Gasteiger partial charge in [0.15, 0.2) is 0 Å². The van der Waals surface area contributed by atoms with Crippen LogP contribution in [0.25, 0.3) is 0 Å². The molecule has 2 aromatic carbocycles. The zero-order valence-corrected chi connectivity index (χ0v) is 13.8. The summed E-state index contributed by atoms with van der Waals surface area (Å²) in [6.45, 7) is 1.95. The molecule has 1 saturated carbocycles. The number of hydrogen-bond donors (Lipinski definition) is 0. The van der Waals surface area contributed by atoms with Gasteiger partial charge in [-0.2, -0.15) is 0 Å². The van der Waals surface area contributed by atoms with E-state index in [0.29, 0.717) is 6.04 Å². The molecule has 0 heterocycles. The van der Waals surface area contributed by atoms with Crippen LogP contribution in [-0.4, -0.2) is 16.3 Å². The normalized spacial score (nSPS) is 21.9. The Bertz CT molecular complexity index is 513. The fourth-order valence-electron chi connectivity index (χ4n) is 3.40. The lowest BCUT2D eigenvalue weighted by atomic mass is 9.93. The number of benzene rings is 2. The Kier molecular flexibility index (Phi) is 5.53. The number of nitrogens with zero attached hydrogens (tertiary/aromatic N) is 1. The summed E-state index contributed by atoms with van der Waals surface area (Å²) in [7, 11) is 0. The van der Waals surface area contributed by atoms with Gasteiger partial charge in [0.1, 0.15) is 0 Å². The molecule has 0 N–H and O–H groups in total. The highest BCUT2D eigenvalue weighted by atomic mass is 35.5. The van der Waals surface area contributed by atoms with Crippen LogP contribution < -0.4 is 0 Å². The van der Waals surface area contributed by atoms with Gasteiger partial charge in [0.05, 0.1) is 0 Å². The summed E-state index contributed by atoms with van der Waals surface area (Å²) in [5, 5.41) is 0.279. The molecule has 1 fully saturated rings. The maximum Gasteiger partial charge on any atom is 0.0491 e. The van der Waals surface area contributed by atoms with Crippen molar-refractivity contribution in [2.24, 2.45) is 0 Å². The molecule has 0 amide bonds. The zero-order valence-electron chi connectivity index (χ0n) is 13.0. The molecular formula is C20H24ClN. The summed E-state index contributed by atoms with van der Waals surface area (Å²) >= 11 is 6.67. The molecule has 0 spiro atoms. The Balaban J connectivity index is 1.78. The van der Waals surface area contributed by atoms with E-state index in [4.69, 9.17) is 11.6 Å². The molecule has 2 aromatic rings. The van der Waals surface area contributed by atoms with E-state index < -0.39 is 0 Å². The lowest BCUT2D eigenvalue weighted by Gasteiger charge is -2.37. The van der Waals surface area contributed by atoms with Gasteiger partial charge in [0.25, 0.3) is 0 Å². The Morgan fingerprint density at radius 2 is 1.27 bits per heavy atom. The number of alkyl halides is 1. The molecule has 22 heavy (non-hydrogen) atoms. The SMILES string of the molecule is Cl[C@@H]1CCCC[C@H]1N(Cc1ccccc1)Cc1ccccc1. The van der Waals surface area contributed by atoms with Gasteiger partial charge < -0.3 is 0 Å². The van der Waals surface area contributed by atoms with Gasteiger partial charge >= 0.3 is 0 Å². The van der Waals surface area contributed by atoms with Crippen molar-refractivity contribution < 1.29 is 0 Å². The predicted molar refractivity (Wildman–Crippen MR) is 94.0 cm³/mol. The highest BCUT2D eigenvalue weighted by molar-refractivity contribution is 6.21. The average molecular weight is 314 g/mol. The standard InChI is InChI=1S/C20H24ClN/c21-19-13-7-8-14-20(19)22(15-17-9-3-1-4-10-17)16-18-11-5-2-6-12-18/h1-6,9-12,19-20H,7-8,13-16H2/t19-,20-/m1/s1. The van der Waals surface area contributed by atoms with Crippen molar-refractivity contribution in [2.45, 2.75) is 50.2 Å². The molecule has 0 bridgehead atoms. The van der Waals surface area contributed by atoms with Crippen molar-refractivity contribution in [3.63, 3.8) is 0 Å². The summed E-state index contributed by atoms with van der Waals surface area (Å²) in [6.07, 6.45) is 4.93. The lowest BCUT2D eigenvalue weighted by molar-refractivity contribution is 0.143. The summed E-state index contributed by atoms with van der Waals surface area (Å²) in [5.74, 6) is 0. The minimum atomic E-state index is 0.279. The molecule has 1 aliphatic carbocycles. The fourth-order valence-corrected chi connectivity index (χ4v) is 3.84. The molecular weight excluding hydrogens is 290 g/mol. The maximum atomic E-state index is 6.67. The number of halogens is 1. The Hall–Kier alpha value is -1.31. The molecule has 2 atom stereocenters. The largest absolute Gasteiger partial charge is 0.290 e. The Labute approximate surface area is 138 Å². The van der Waals surface area contributed by atoms with E-state index in [0.717, 1.165) is 19.5 Å². The predicted octanol–water partition coefficient (Wildman–Crippen LogP) is 5.24. The summed E-state index contributed by atoms with van der Waals surface area (Å²) in [6, 6.07) is 22.0. The second-order valence-electron chi connectivity index (χ2n) is 6.24. The van der Waals surface area contributed by atoms with Gasteiger partial charge in [-0.3, -0.25) is 4.90 Å². The third-order valence-corrected chi connectivity index (χ3v) is 5.08. The second-order valence-corrected chi connectivity index (χ2v) is 6.80. The van der Waals surface area contributed by atoms with Crippen LogP contribution in [0.3, 0.4) is 0 Å². The number of rotatable bonds is 5. The van der Waals surface area contributed by atoms with Crippen LogP contribution >= 0.6 is 11.6 Å². The fraction of sp³-hybridized carbons (Fsp3) is 0.400. The van der Waals surface area contributed by atoms with Crippen LogP contribution in [0.4, 0.5) is 0 Å². The van der Waals surface area contributed by atoms with Crippen LogP contribution in [0, 0.1) is 0 Å². The van der Waals surface area contributed by atoms with Gasteiger partial charge in [0, 0.05) is 24.5 Å². The first-order valence-corrected chi connectivity index (χ1v) is 8.72. The molecule has 0 aliphatic heterocycles. The van der Waals surface area contributed by atoms with E-state index in [9.17, 15) is 0 Å². The van der Waals surface area contributed by atoms with Crippen molar-refractivity contribution in [3.05, 3.63) is 71.8 Å². The van der Waals surface area contributed by atoms with Gasteiger partial charge in [-0.15, -0.1) is 11.6 Å². The van der Waals surface area contributed by atoms with Gasteiger partial charge in [0.2, 0.25) is 0 Å². The van der Waals surface area contributed by atoms with Gasteiger partial charge in [-0.05, 0) is 24.0 Å². The molecule has 3 rings (SSSR count). The highest BCUT2D eigenvalue weighted by Crippen LogP contribution is 2.29. The average Bonchev–Trinajstić information content (AvgIpc) is 2.57. The Morgan fingerprint density at radius 3 is 1.77 bits per heavy atom. The van der Waals surface area contributed by atoms with Crippen molar-refractivity contribution in [1.29, 1.82) is 0 Å². The third kappa shape index (κ3) is 4.12. The topological polar surface area (TPSA) is 3.24 Å². The molecule has 116 valence electrons. The van der Waals surface area contributed by atoms with E-state index in [1.165, 1.54) is 30.4 Å². The lowest BCUT2D eigenvalue weighted by Crippen LogP contribution is -2.42. The molecule has 0 unspecified atom stereocenters. The smallest absolute Gasteiger partial charge is 0.0491 e. The van der Waals surface area contributed by atoms with Gasteiger partial charge in [-0.25, -0.2) is 0 Å². The molecule has 1 aliphatic rings. The molecule has 0 aromatic heterocycles. The maximum absolute atomic E-state index is 6.67. The third-order valence-electron chi connectivity index (χ3n) is 4.57. The van der Waals surface area contributed by atoms with E-state index in [1.807, 2.05) is 0 Å². The number of hydrogen-bond acceptors (Lipinski definition) is 1. The molecule has 0 saturated heterocycles. The quantitative estimate of drug-likeness (QED) is 0.682. The summed E-state index contributed by atoms with van der Waals surface area (Å²) in [5.41, 5.74) is 2.74. The zero-order chi connectivity index (χ0) is 15.2. The second kappa shape index (κ2) is 7.80. The summed E-state index contributed by atoms with van der Waals surface area (Å²) in [4.78, 5) is 2.57. The first kappa shape index (κ1) is 15.6. The monoisotopic (exact) mass is 313 g/mol. The molecule has 2 heteroatoms. The molecule has 0 radical (unpaired) electrons. The van der Waals surface area contributed by atoms with E-state index in [2.05, 4.69) is 65.6 Å². The Morgan fingerprint density at radius 1 is 0.773 bits per heavy atom. The van der Waals surface area contributed by atoms with Crippen LogP contribution in [0.15, 0.2) is 60.7 Å². The van der Waals surface area contributed by atoms with Crippen LogP contribution in [0.1, 0.15) is 36.8 Å². The van der Waals surface area contributed by atoms with E-state index in [1.54, 1.807) is 0 Å². The first-order valence-electron chi connectivity index (χ1n) is 8.29. The van der Waals surface area contributed by atoms with E-state index >= 15 is 0 Å². The minimum Gasteiger partial charge on any atom is -0.290 e. The van der Waals surface area contributed by atoms with Crippen molar-refractivity contribution in [1.82, 2.24) is 4.90 Å². The van der Waals surface area contributed by atoms with Crippen LogP contribution in [0.2, 0.25) is 0 Å². The minimum absolute atomic E-state index is 0.279. The van der Waals surface area contributed by atoms with Crippen LogP contribution in [0.5, 0.6) is 0 Å². The van der Waals surface area contributed by atoms with E-state index in [-0.39, 0.29) is 5.38 Å². The van der Waals surface area contributed by atoms with Crippen molar-refractivity contribution in [3.8, 4) is 0 Å². The van der Waals surface area contributed by atoms with Gasteiger partial charge in [-0.1, -0.05) is 73.5 Å². The van der Waals surface area contributed by atoms with Crippen molar-refractivity contribution >= 4 is 11.6 Å². The van der Waals surface area contributed by atoms with Crippen molar-refractivity contribution in [2.75, 3.05) is 0 Å². The van der Waals surface area contributed by atoms with Crippen LogP contribution in [-0.2, 0) is 13.1 Å². The first-order chi connectivity index (χ1) is 10.8. The molecule has 1 nitrogen and oxygen atoms in total. The summed E-state index contributed by atoms with van der Waals surface area (Å²) < 4.78 is 0. The highest BCUT2D eigenvalue weighted by Gasteiger charge is 2.28.